The van der Waals surface area contributed by atoms with Crippen LogP contribution in [0.2, 0.25) is 0 Å². The minimum atomic E-state index is -3.62. The van der Waals surface area contributed by atoms with Gasteiger partial charge in [-0.15, -0.1) is 0 Å². The Balaban J connectivity index is 3.04. The average molecular weight is 260 g/mol. The molecule has 1 rings (SSSR count). The first-order valence-electron chi connectivity index (χ1n) is 5.41. The predicted octanol–water partition coefficient (Wildman–Crippen LogP) is 1.83. The van der Waals surface area contributed by atoms with Crippen molar-refractivity contribution in [2.75, 3.05) is 19.3 Å². The Kier molecular flexibility index (Phi) is 4.47. The monoisotopic (exact) mass is 260 g/mol. The number of anilines is 1. The number of halogens is 1. The van der Waals surface area contributed by atoms with Gasteiger partial charge in [-0.3, -0.25) is 0 Å². The molecular weight excluding hydrogens is 243 g/mol. The van der Waals surface area contributed by atoms with Gasteiger partial charge in [0, 0.05) is 13.6 Å². The first-order valence-corrected chi connectivity index (χ1v) is 6.85. The second kappa shape index (κ2) is 5.46. The molecule has 0 bridgehead atoms. The smallest absolute Gasteiger partial charge is 0.244 e. The molecule has 0 aromatic heterocycles. The van der Waals surface area contributed by atoms with E-state index in [1.165, 1.54) is 17.4 Å². The van der Waals surface area contributed by atoms with E-state index in [0.717, 1.165) is 25.0 Å². The fourth-order valence-corrected chi connectivity index (χ4v) is 2.73. The van der Waals surface area contributed by atoms with E-state index in [2.05, 4.69) is 0 Å². The van der Waals surface area contributed by atoms with Crippen LogP contribution in [0.15, 0.2) is 23.1 Å². The van der Waals surface area contributed by atoms with Crippen molar-refractivity contribution >= 4 is 15.7 Å². The van der Waals surface area contributed by atoms with Crippen LogP contribution < -0.4 is 5.73 Å². The van der Waals surface area contributed by atoms with Crippen LogP contribution in [0.25, 0.3) is 0 Å². The summed E-state index contributed by atoms with van der Waals surface area (Å²) in [5, 5.41) is 0. The van der Waals surface area contributed by atoms with Gasteiger partial charge in [-0.05, 0) is 24.6 Å². The zero-order valence-electron chi connectivity index (χ0n) is 9.98. The molecule has 0 fully saturated rings. The number of nitrogens with zero attached hydrogens (tertiary/aromatic N) is 1. The summed E-state index contributed by atoms with van der Waals surface area (Å²) in [4.78, 5) is -0.0440. The molecule has 0 amide bonds. The van der Waals surface area contributed by atoms with Crippen LogP contribution in [0.3, 0.4) is 0 Å². The standard InChI is InChI=1S/C11H17FN2O2S/c1-3-4-7-14(2)17(15,16)11-6-5-9(12)8-10(11)13/h5-6,8H,3-4,7,13H2,1-2H3. The van der Waals surface area contributed by atoms with E-state index in [9.17, 15) is 12.8 Å². The van der Waals surface area contributed by atoms with Crippen LogP contribution >= 0.6 is 0 Å². The fourth-order valence-electron chi connectivity index (χ4n) is 1.42. The van der Waals surface area contributed by atoms with Crippen LogP contribution in [-0.2, 0) is 10.0 Å². The Hall–Kier alpha value is -1.14. The maximum Gasteiger partial charge on any atom is 0.244 e. The Labute approximate surface area is 101 Å². The van der Waals surface area contributed by atoms with Gasteiger partial charge in [0.25, 0.3) is 0 Å². The lowest BCUT2D eigenvalue weighted by molar-refractivity contribution is 0.459. The first-order chi connectivity index (χ1) is 7.89. The SMILES string of the molecule is CCCCN(C)S(=O)(=O)c1ccc(F)cc1N. The number of nitrogens with two attached hydrogens (primary N) is 1. The number of unbranched alkanes of at least 4 members (excludes halogenated alkanes) is 1. The lowest BCUT2D eigenvalue weighted by Crippen LogP contribution is -2.28. The number of rotatable bonds is 5. The number of nitrogen functional groups attached to an aromatic ring is 1. The molecule has 1 aromatic rings. The Bertz CT molecular complexity index is 488. The predicted molar refractivity (Wildman–Crippen MR) is 65.5 cm³/mol. The van der Waals surface area contributed by atoms with Crippen molar-refractivity contribution in [3.05, 3.63) is 24.0 Å². The molecule has 0 radical (unpaired) electrons. The summed E-state index contributed by atoms with van der Waals surface area (Å²) in [5.74, 6) is -0.544. The number of sulfonamides is 1. The second-order valence-corrected chi connectivity index (χ2v) is 5.88. The minimum absolute atomic E-state index is 0.0440. The quantitative estimate of drug-likeness (QED) is 0.821. The average Bonchev–Trinajstić information content (AvgIpc) is 2.25. The highest BCUT2D eigenvalue weighted by atomic mass is 32.2. The number of benzene rings is 1. The summed E-state index contributed by atoms with van der Waals surface area (Å²) in [5.41, 5.74) is 5.47. The van der Waals surface area contributed by atoms with E-state index < -0.39 is 15.8 Å². The molecule has 0 saturated heterocycles. The highest BCUT2D eigenvalue weighted by Crippen LogP contribution is 2.22. The highest BCUT2D eigenvalue weighted by Gasteiger charge is 2.22. The van der Waals surface area contributed by atoms with Gasteiger partial charge in [-0.2, -0.15) is 0 Å². The Morgan fingerprint density at radius 1 is 1.41 bits per heavy atom. The third kappa shape index (κ3) is 3.17. The molecule has 0 aliphatic heterocycles. The van der Waals surface area contributed by atoms with Gasteiger partial charge < -0.3 is 5.73 Å². The number of hydrogen-bond donors (Lipinski definition) is 1. The zero-order chi connectivity index (χ0) is 13.1. The molecule has 6 heteroatoms. The molecule has 0 heterocycles. The second-order valence-electron chi connectivity index (χ2n) is 3.86. The van der Waals surface area contributed by atoms with Crippen LogP contribution in [0.4, 0.5) is 10.1 Å². The molecular formula is C11H17FN2O2S. The normalized spacial score (nSPS) is 12.0. The van der Waals surface area contributed by atoms with E-state index in [-0.39, 0.29) is 10.6 Å². The van der Waals surface area contributed by atoms with E-state index in [4.69, 9.17) is 5.73 Å². The van der Waals surface area contributed by atoms with Crippen molar-refractivity contribution in [3.8, 4) is 0 Å². The zero-order valence-corrected chi connectivity index (χ0v) is 10.8. The van der Waals surface area contributed by atoms with Crippen molar-refractivity contribution in [2.45, 2.75) is 24.7 Å². The van der Waals surface area contributed by atoms with Gasteiger partial charge >= 0.3 is 0 Å². The topological polar surface area (TPSA) is 63.4 Å². The van der Waals surface area contributed by atoms with E-state index in [1.807, 2.05) is 6.92 Å². The summed E-state index contributed by atoms with van der Waals surface area (Å²) in [7, 11) is -2.12. The third-order valence-corrected chi connectivity index (χ3v) is 4.42. The van der Waals surface area contributed by atoms with Crippen molar-refractivity contribution in [3.63, 3.8) is 0 Å². The molecule has 0 aliphatic carbocycles. The van der Waals surface area contributed by atoms with Crippen LogP contribution in [0.1, 0.15) is 19.8 Å². The molecule has 1 aromatic carbocycles. The first kappa shape index (κ1) is 13.9. The molecule has 17 heavy (non-hydrogen) atoms. The number of hydrogen-bond acceptors (Lipinski definition) is 3. The summed E-state index contributed by atoms with van der Waals surface area (Å²) in [6, 6.07) is 3.31. The Morgan fingerprint density at radius 2 is 2.06 bits per heavy atom. The van der Waals surface area contributed by atoms with Crippen LogP contribution in [0, 0.1) is 5.82 Å². The van der Waals surface area contributed by atoms with E-state index in [0.29, 0.717) is 6.54 Å². The van der Waals surface area contributed by atoms with Crippen LogP contribution in [0.5, 0.6) is 0 Å². The lowest BCUT2D eigenvalue weighted by atomic mass is 10.3. The Morgan fingerprint density at radius 3 is 2.59 bits per heavy atom. The molecule has 0 unspecified atom stereocenters. The largest absolute Gasteiger partial charge is 0.398 e. The van der Waals surface area contributed by atoms with Gasteiger partial charge in [0.15, 0.2) is 0 Å². The molecule has 4 nitrogen and oxygen atoms in total. The highest BCUT2D eigenvalue weighted by molar-refractivity contribution is 7.89. The third-order valence-electron chi connectivity index (χ3n) is 2.49. The van der Waals surface area contributed by atoms with Gasteiger partial charge in [-0.25, -0.2) is 17.1 Å². The molecule has 0 aliphatic rings. The molecule has 0 saturated carbocycles. The van der Waals surface area contributed by atoms with Crippen molar-refractivity contribution in [1.82, 2.24) is 4.31 Å². The summed E-state index contributed by atoms with van der Waals surface area (Å²) < 4.78 is 38.3. The van der Waals surface area contributed by atoms with E-state index in [1.54, 1.807) is 0 Å². The van der Waals surface area contributed by atoms with Crippen LogP contribution in [-0.4, -0.2) is 26.3 Å². The van der Waals surface area contributed by atoms with Gasteiger partial charge in [-0.1, -0.05) is 13.3 Å². The van der Waals surface area contributed by atoms with E-state index >= 15 is 0 Å². The molecule has 2 N–H and O–H groups in total. The van der Waals surface area contributed by atoms with Gasteiger partial charge in [0.05, 0.1) is 5.69 Å². The molecule has 0 atom stereocenters. The van der Waals surface area contributed by atoms with Crippen molar-refractivity contribution in [2.24, 2.45) is 0 Å². The van der Waals surface area contributed by atoms with Gasteiger partial charge in [0.2, 0.25) is 10.0 Å². The van der Waals surface area contributed by atoms with Crippen molar-refractivity contribution in [1.29, 1.82) is 0 Å². The van der Waals surface area contributed by atoms with Gasteiger partial charge in [0.1, 0.15) is 10.7 Å². The molecule has 0 spiro atoms. The lowest BCUT2D eigenvalue weighted by Gasteiger charge is -2.17. The summed E-state index contributed by atoms with van der Waals surface area (Å²) in [6.45, 7) is 2.41. The molecule has 96 valence electrons. The maximum absolute atomic E-state index is 12.9. The summed E-state index contributed by atoms with van der Waals surface area (Å²) in [6.07, 6.45) is 1.68. The van der Waals surface area contributed by atoms with Crippen molar-refractivity contribution < 1.29 is 12.8 Å². The minimum Gasteiger partial charge on any atom is -0.398 e. The summed E-state index contributed by atoms with van der Waals surface area (Å²) >= 11 is 0. The maximum atomic E-state index is 12.9. The fraction of sp³-hybridized carbons (Fsp3) is 0.455.